The summed E-state index contributed by atoms with van der Waals surface area (Å²) in [6.07, 6.45) is 0. The Labute approximate surface area is 128 Å². The molecule has 5 heteroatoms. The molecule has 0 saturated carbocycles. The molecule has 0 aliphatic carbocycles. The molecule has 1 unspecified atom stereocenters. The van der Waals surface area contributed by atoms with Crippen molar-refractivity contribution < 1.29 is 13.6 Å². The molecule has 0 heterocycles. The van der Waals surface area contributed by atoms with Gasteiger partial charge in [-0.15, -0.1) is 0 Å². The largest absolute Gasteiger partial charge is 0.519 e. The van der Waals surface area contributed by atoms with Crippen molar-refractivity contribution in [2.75, 3.05) is 0 Å². The molecule has 0 N–H and O–H groups in total. The van der Waals surface area contributed by atoms with Crippen molar-refractivity contribution in [3.05, 3.63) is 0 Å². The zero-order chi connectivity index (χ0) is 16.0. The highest BCUT2D eigenvalue weighted by molar-refractivity contribution is 6.76. The van der Waals surface area contributed by atoms with E-state index in [1.807, 2.05) is 27.7 Å². The number of rotatable bonds is 8. The molecular formula is C15H32O3Si2. The first-order valence-corrected chi connectivity index (χ1v) is 11.2. The van der Waals surface area contributed by atoms with Gasteiger partial charge in [-0.3, -0.25) is 4.79 Å². The quantitative estimate of drug-likeness (QED) is 0.622. The molecule has 0 aliphatic rings. The van der Waals surface area contributed by atoms with Crippen LogP contribution in [0, 0.1) is 5.92 Å². The lowest BCUT2D eigenvalue weighted by molar-refractivity contribution is -0.138. The van der Waals surface area contributed by atoms with Gasteiger partial charge in [0.25, 0.3) is 14.3 Å². The predicted octanol–water partition coefficient (Wildman–Crippen LogP) is 4.41. The molecule has 1 atom stereocenters. The first kappa shape index (κ1) is 19.9. The second-order valence-corrected chi connectivity index (χ2v) is 12.6. The topological polar surface area (TPSA) is 35.5 Å². The highest BCUT2D eigenvalue weighted by Gasteiger charge is 2.39. The van der Waals surface area contributed by atoms with Crippen LogP contribution in [0.2, 0.25) is 23.7 Å². The molecule has 0 aliphatic heterocycles. The average Bonchev–Trinajstić information content (AvgIpc) is 2.33. The predicted molar refractivity (Wildman–Crippen MR) is 88.5 cm³/mol. The van der Waals surface area contributed by atoms with Crippen LogP contribution in [0.1, 0.15) is 55.4 Å². The zero-order valence-electron chi connectivity index (χ0n) is 14.5. The van der Waals surface area contributed by atoms with Crippen molar-refractivity contribution in [1.29, 1.82) is 0 Å². The molecule has 118 valence electrons. The summed E-state index contributed by atoms with van der Waals surface area (Å²) >= 11 is 0. The fourth-order valence-electron chi connectivity index (χ4n) is 2.10. The molecule has 3 nitrogen and oxygen atoms in total. The van der Waals surface area contributed by atoms with Crippen molar-refractivity contribution in [3.63, 3.8) is 0 Å². The van der Waals surface area contributed by atoms with Crippen LogP contribution in [0.15, 0.2) is 0 Å². The number of hydrogen-bond acceptors (Lipinski definition) is 3. The van der Waals surface area contributed by atoms with Crippen LogP contribution in [-0.4, -0.2) is 29.7 Å². The van der Waals surface area contributed by atoms with Gasteiger partial charge in [0.2, 0.25) is 9.76 Å². The maximum Gasteiger partial charge on any atom is 0.295 e. The normalized spacial score (nSPS) is 14.4. The summed E-state index contributed by atoms with van der Waals surface area (Å²) < 4.78 is 11.7. The maximum absolute atomic E-state index is 12.3. The Hall–Kier alpha value is -0.136. The Kier molecular flexibility index (Phi) is 8.28. The van der Waals surface area contributed by atoms with E-state index in [0.29, 0.717) is 15.3 Å². The lowest BCUT2D eigenvalue weighted by Gasteiger charge is -2.33. The summed E-state index contributed by atoms with van der Waals surface area (Å²) in [6, 6.07) is 2.76. The lowest BCUT2D eigenvalue weighted by atomic mass is 10.2. The third kappa shape index (κ3) is 6.54. The van der Waals surface area contributed by atoms with Crippen LogP contribution < -0.4 is 0 Å². The Morgan fingerprint density at radius 2 is 1.65 bits per heavy atom. The highest BCUT2D eigenvalue weighted by Crippen LogP contribution is 2.31. The third-order valence-corrected chi connectivity index (χ3v) is 10.4. The van der Waals surface area contributed by atoms with E-state index >= 15 is 0 Å². The number of carbonyl (C=O) groups excluding carboxylic acids is 1. The minimum atomic E-state index is -1.91. The molecule has 2 radical (unpaired) electrons. The first-order valence-electron chi connectivity index (χ1n) is 7.71. The minimum absolute atomic E-state index is 0.0286. The van der Waals surface area contributed by atoms with Crippen LogP contribution in [0.4, 0.5) is 0 Å². The smallest absolute Gasteiger partial charge is 0.295 e. The fourth-order valence-corrected chi connectivity index (χ4v) is 6.29. The van der Waals surface area contributed by atoms with E-state index in [-0.39, 0.29) is 17.5 Å². The molecule has 20 heavy (non-hydrogen) atoms. The fraction of sp³-hybridized carbons (Fsp3) is 0.933. The summed E-state index contributed by atoms with van der Waals surface area (Å²) in [5.74, 6) is -0.0986. The monoisotopic (exact) mass is 316 g/mol. The van der Waals surface area contributed by atoms with E-state index in [1.54, 1.807) is 0 Å². The molecule has 0 rings (SSSR count). The van der Waals surface area contributed by atoms with E-state index in [2.05, 4.69) is 27.7 Å². The van der Waals surface area contributed by atoms with Crippen molar-refractivity contribution in [2.45, 2.75) is 84.7 Å². The summed E-state index contributed by atoms with van der Waals surface area (Å²) in [4.78, 5) is 12.3. The minimum Gasteiger partial charge on any atom is -0.519 e. The molecule has 0 spiro atoms. The molecule has 0 saturated heterocycles. The number of carbonyl (C=O) groups is 1. The number of hydrogen-bond donors (Lipinski definition) is 0. The Balaban J connectivity index is 4.44. The van der Waals surface area contributed by atoms with Gasteiger partial charge in [-0.1, -0.05) is 34.6 Å². The van der Waals surface area contributed by atoms with Gasteiger partial charge in [0.05, 0.1) is 5.92 Å². The molecule has 0 aromatic carbocycles. The molecular weight excluding hydrogens is 284 g/mol. The zero-order valence-corrected chi connectivity index (χ0v) is 16.5. The summed E-state index contributed by atoms with van der Waals surface area (Å²) in [6.45, 7) is 16.7. The second-order valence-electron chi connectivity index (χ2n) is 6.81. The SMILES string of the molecule is CC[Si](CC)(OC(=O)C(C)C[Si]OC(C)(C)C)C(C)C. The van der Waals surface area contributed by atoms with Gasteiger partial charge in [0, 0.05) is 5.60 Å². The van der Waals surface area contributed by atoms with Crippen LogP contribution in [-0.2, 0) is 13.6 Å². The van der Waals surface area contributed by atoms with Gasteiger partial charge in [0.1, 0.15) is 0 Å². The van der Waals surface area contributed by atoms with Crippen molar-refractivity contribution >= 4 is 24.0 Å². The summed E-state index contributed by atoms with van der Waals surface area (Å²) in [5, 5.41) is 0. The summed E-state index contributed by atoms with van der Waals surface area (Å²) in [7, 11) is -1.56. The second kappa shape index (κ2) is 8.34. The Morgan fingerprint density at radius 1 is 1.15 bits per heavy atom. The first-order chi connectivity index (χ1) is 9.08. The van der Waals surface area contributed by atoms with Crippen LogP contribution in [0.25, 0.3) is 0 Å². The standard InChI is InChI=1S/C15H32O3Si2/c1-9-20(10-2,12(3)4)17-14(16)13(5)11-19-18-15(6,7)8/h12-13H,9-11H2,1-8H3. The molecule has 0 bridgehead atoms. The van der Waals surface area contributed by atoms with Crippen molar-refractivity contribution in [1.82, 2.24) is 0 Å². The van der Waals surface area contributed by atoms with Gasteiger partial charge in [-0.25, -0.2) is 0 Å². The molecule has 0 fully saturated rings. The maximum atomic E-state index is 12.3. The summed E-state index contributed by atoms with van der Waals surface area (Å²) in [5.41, 5.74) is 0.340. The molecule has 0 aromatic rings. The van der Waals surface area contributed by atoms with Crippen LogP contribution in [0.5, 0.6) is 0 Å². The van der Waals surface area contributed by atoms with Gasteiger partial charge < -0.3 is 8.85 Å². The molecule has 0 aromatic heterocycles. The van der Waals surface area contributed by atoms with Crippen LogP contribution in [0.3, 0.4) is 0 Å². The highest BCUT2D eigenvalue weighted by atomic mass is 28.4. The van der Waals surface area contributed by atoms with E-state index in [0.717, 1.165) is 18.1 Å². The Morgan fingerprint density at radius 3 is 2.00 bits per heavy atom. The third-order valence-electron chi connectivity index (χ3n) is 3.72. The van der Waals surface area contributed by atoms with E-state index in [9.17, 15) is 4.79 Å². The Bertz CT molecular complexity index is 294. The van der Waals surface area contributed by atoms with Gasteiger partial charge >= 0.3 is 0 Å². The van der Waals surface area contributed by atoms with Crippen molar-refractivity contribution in [3.8, 4) is 0 Å². The van der Waals surface area contributed by atoms with Crippen molar-refractivity contribution in [2.24, 2.45) is 5.92 Å². The average molecular weight is 317 g/mol. The van der Waals surface area contributed by atoms with Gasteiger partial charge in [-0.2, -0.15) is 0 Å². The van der Waals surface area contributed by atoms with E-state index in [1.165, 1.54) is 0 Å². The van der Waals surface area contributed by atoms with Gasteiger partial charge in [0.15, 0.2) is 0 Å². The van der Waals surface area contributed by atoms with E-state index in [4.69, 9.17) is 8.85 Å². The lowest BCUT2D eigenvalue weighted by Crippen LogP contribution is -2.43. The van der Waals surface area contributed by atoms with Crippen LogP contribution >= 0.6 is 0 Å². The van der Waals surface area contributed by atoms with E-state index < -0.39 is 8.32 Å². The molecule has 0 amide bonds. The van der Waals surface area contributed by atoms with Gasteiger partial charge in [-0.05, 0) is 44.4 Å².